The molecular weight excluding hydrogens is 564 g/mol. The Hall–Kier alpha value is -3.01. The van der Waals surface area contributed by atoms with Crippen molar-refractivity contribution in [3.8, 4) is 28.3 Å². The lowest BCUT2D eigenvalue weighted by atomic mass is 10.1. The number of nitrogens with zero attached hydrogens (tertiary/aromatic N) is 1. The monoisotopic (exact) mass is 594 g/mol. The summed E-state index contributed by atoms with van der Waals surface area (Å²) in [7, 11) is -2.39. The number of hydrogen-bond donors (Lipinski definition) is 5. The molecule has 2 amide bonds. The number of amides is 2. The van der Waals surface area contributed by atoms with Crippen LogP contribution in [0.15, 0.2) is 70.8 Å². The zero-order valence-electron chi connectivity index (χ0n) is 19.2. The Morgan fingerprint density at radius 3 is 2.05 bits per heavy atom. The van der Waals surface area contributed by atoms with Crippen LogP contribution in [0.3, 0.4) is 0 Å². The highest BCUT2D eigenvalue weighted by Crippen LogP contribution is 2.37. The van der Waals surface area contributed by atoms with Crippen LogP contribution in [-0.4, -0.2) is 36.5 Å². The molecule has 0 fully saturated rings. The average molecular weight is 595 g/mol. The standard InChI is InChI=1S/C16H13ClN2O4S.C3H6.2CH3NOS.CH4.H2O/c1-22-13-7-6-10(8-12(13)17)15-16(23-9-19-15)11-4-2-3-5-14(11)24(18,20)21;1-3-2;2*2-1(3)4;;/h2-9H,1H3,(H2,18,20,21);3H,1H2,2H3;2*(H3,2,3,4);1H4;1H2. The van der Waals surface area contributed by atoms with Crippen LogP contribution in [0.5, 0.6) is 5.75 Å². The number of rotatable bonds is 4. The molecule has 0 saturated carbocycles. The second-order valence-corrected chi connectivity index (χ2v) is 8.82. The number of carbonyl (C=O) groups excluding carboxylic acids is 2. The van der Waals surface area contributed by atoms with Gasteiger partial charge >= 0.3 is 0 Å². The number of allylic oxidation sites excluding steroid dienone is 1. The molecule has 0 aliphatic rings. The van der Waals surface area contributed by atoms with Crippen molar-refractivity contribution in [2.75, 3.05) is 7.11 Å². The van der Waals surface area contributed by atoms with E-state index in [1.807, 2.05) is 6.92 Å². The summed E-state index contributed by atoms with van der Waals surface area (Å²) >= 11 is 12.4. The minimum absolute atomic E-state index is 0. The first-order valence-electron chi connectivity index (χ1n) is 9.23. The van der Waals surface area contributed by atoms with Crippen LogP contribution in [0.1, 0.15) is 14.4 Å². The summed E-state index contributed by atoms with van der Waals surface area (Å²) in [5, 5.41) is 4.42. The SMILES string of the molecule is C.C=CC.COc1ccc(-c2ncoc2-c2ccccc2S(N)(=O)=O)cc1Cl.NC(=O)S.NC(=O)S.O. The van der Waals surface area contributed by atoms with E-state index < -0.39 is 20.5 Å². The second kappa shape index (κ2) is 19.1. The van der Waals surface area contributed by atoms with E-state index in [1.165, 1.54) is 19.6 Å². The minimum atomic E-state index is -3.91. The normalized spacial score (nSPS) is 9.14. The Morgan fingerprint density at radius 2 is 1.62 bits per heavy atom. The van der Waals surface area contributed by atoms with Crippen molar-refractivity contribution in [2.45, 2.75) is 19.2 Å². The van der Waals surface area contributed by atoms with Gasteiger partial charge < -0.3 is 26.1 Å². The molecule has 11 nitrogen and oxygen atoms in total. The number of primary sulfonamides is 1. The van der Waals surface area contributed by atoms with Gasteiger partial charge in [0.1, 0.15) is 11.4 Å². The first-order chi connectivity index (χ1) is 16.3. The predicted octanol–water partition coefficient (Wildman–Crippen LogP) is 4.31. The number of sulfonamides is 1. The summed E-state index contributed by atoms with van der Waals surface area (Å²) in [6.07, 6.45) is 2.99. The number of primary amides is 2. The highest BCUT2D eigenvalue weighted by Gasteiger charge is 2.21. The topological polar surface area (TPSA) is 213 Å². The smallest absolute Gasteiger partial charge is 0.273 e. The van der Waals surface area contributed by atoms with Crippen LogP contribution in [-0.2, 0) is 10.0 Å². The zero-order chi connectivity index (χ0) is 27.2. The maximum atomic E-state index is 11.8. The van der Waals surface area contributed by atoms with E-state index in [1.54, 1.807) is 42.5 Å². The number of nitrogens with two attached hydrogens (primary N) is 3. The molecule has 37 heavy (non-hydrogen) atoms. The number of hydrogen-bond acceptors (Lipinski definition) is 7. The van der Waals surface area contributed by atoms with Gasteiger partial charge in [0.25, 0.3) is 10.5 Å². The molecule has 3 aromatic rings. The van der Waals surface area contributed by atoms with E-state index in [0.717, 1.165) is 0 Å². The molecule has 206 valence electrons. The Kier molecular flexibility index (Phi) is 19.9. The van der Waals surface area contributed by atoms with E-state index in [2.05, 4.69) is 48.3 Å². The van der Waals surface area contributed by atoms with Gasteiger partial charge in [-0.3, -0.25) is 9.59 Å². The van der Waals surface area contributed by atoms with Gasteiger partial charge in [-0.15, -0.1) is 6.58 Å². The molecule has 3 rings (SSSR count). The number of methoxy groups -OCH3 is 1. The third kappa shape index (κ3) is 14.3. The van der Waals surface area contributed by atoms with E-state index in [0.29, 0.717) is 33.4 Å². The van der Waals surface area contributed by atoms with Gasteiger partial charge in [0.2, 0.25) is 10.0 Å². The fourth-order valence-electron chi connectivity index (χ4n) is 2.36. The highest BCUT2D eigenvalue weighted by atomic mass is 35.5. The number of oxazole rings is 1. The number of aromatic nitrogens is 1. The van der Waals surface area contributed by atoms with E-state index in [9.17, 15) is 8.42 Å². The summed E-state index contributed by atoms with van der Waals surface area (Å²) in [6, 6.07) is 11.4. The van der Waals surface area contributed by atoms with E-state index in [-0.39, 0.29) is 17.8 Å². The van der Waals surface area contributed by atoms with Gasteiger partial charge in [-0.1, -0.05) is 62.5 Å². The Bertz CT molecular complexity index is 1230. The fourth-order valence-corrected chi connectivity index (χ4v) is 3.35. The third-order valence-corrected chi connectivity index (χ3v) is 4.70. The molecule has 15 heteroatoms. The predicted molar refractivity (Wildman–Crippen MR) is 154 cm³/mol. The number of ether oxygens (including phenoxy) is 1. The molecule has 8 N–H and O–H groups in total. The summed E-state index contributed by atoms with van der Waals surface area (Å²) in [5.41, 5.74) is 10.1. The van der Waals surface area contributed by atoms with Gasteiger partial charge in [-0.25, -0.2) is 18.5 Å². The molecule has 0 atom stereocenters. The van der Waals surface area contributed by atoms with Crippen molar-refractivity contribution in [1.82, 2.24) is 4.98 Å². The van der Waals surface area contributed by atoms with Crippen molar-refractivity contribution < 1.29 is 32.6 Å². The molecule has 0 bridgehead atoms. The zero-order valence-corrected chi connectivity index (χ0v) is 22.6. The minimum Gasteiger partial charge on any atom is -0.495 e. The van der Waals surface area contributed by atoms with Gasteiger partial charge in [-0.05, 0) is 37.3 Å². The quantitative estimate of drug-likeness (QED) is 0.218. The van der Waals surface area contributed by atoms with Crippen molar-refractivity contribution in [2.24, 2.45) is 16.6 Å². The molecule has 1 aromatic heterocycles. The van der Waals surface area contributed by atoms with Gasteiger partial charge in [0.05, 0.1) is 17.0 Å². The van der Waals surface area contributed by atoms with Crippen molar-refractivity contribution in [1.29, 1.82) is 0 Å². The molecule has 0 aliphatic heterocycles. The lowest BCUT2D eigenvalue weighted by Crippen LogP contribution is -2.13. The van der Waals surface area contributed by atoms with Crippen molar-refractivity contribution >= 4 is 57.4 Å². The van der Waals surface area contributed by atoms with Crippen molar-refractivity contribution in [3.63, 3.8) is 0 Å². The van der Waals surface area contributed by atoms with Crippen LogP contribution in [0.4, 0.5) is 9.59 Å². The van der Waals surface area contributed by atoms with Crippen LogP contribution < -0.4 is 21.3 Å². The summed E-state index contributed by atoms with van der Waals surface area (Å²) in [4.78, 5) is 22.3. The van der Waals surface area contributed by atoms with Crippen molar-refractivity contribution in [3.05, 3.63) is 66.5 Å². The number of halogens is 1. The fraction of sp³-hybridized carbons (Fsp3) is 0.136. The molecule has 0 unspecified atom stereocenters. The molecule has 0 saturated heterocycles. The first-order valence-corrected chi connectivity index (χ1v) is 12.0. The highest BCUT2D eigenvalue weighted by molar-refractivity contribution is 7.96. The largest absolute Gasteiger partial charge is 0.495 e. The lowest BCUT2D eigenvalue weighted by Gasteiger charge is -2.08. The molecule has 1 heterocycles. The van der Waals surface area contributed by atoms with Crippen LogP contribution in [0, 0.1) is 0 Å². The molecular formula is C22H31ClN4O7S3. The Balaban J connectivity index is -0.000000762. The van der Waals surface area contributed by atoms with Crippen LogP contribution >= 0.6 is 36.9 Å². The molecule has 0 aliphatic carbocycles. The summed E-state index contributed by atoms with van der Waals surface area (Å²) in [5.74, 6) is 0.816. The maximum Gasteiger partial charge on any atom is 0.273 e. The molecule has 2 aromatic carbocycles. The van der Waals surface area contributed by atoms with Crippen LogP contribution in [0.25, 0.3) is 22.6 Å². The average Bonchev–Trinajstić information content (AvgIpc) is 3.23. The van der Waals surface area contributed by atoms with E-state index in [4.69, 9.17) is 35.5 Å². The van der Waals surface area contributed by atoms with Gasteiger partial charge in [0.15, 0.2) is 12.2 Å². The van der Waals surface area contributed by atoms with E-state index >= 15 is 0 Å². The van der Waals surface area contributed by atoms with Crippen LogP contribution in [0.2, 0.25) is 5.02 Å². The lowest BCUT2D eigenvalue weighted by molar-refractivity contribution is 0.266. The first kappa shape index (κ1) is 38.5. The molecule has 0 radical (unpaired) electrons. The number of benzene rings is 2. The maximum absolute atomic E-state index is 11.8. The summed E-state index contributed by atoms with van der Waals surface area (Å²) in [6.45, 7) is 5.25. The van der Waals surface area contributed by atoms with Gasteiger partial charge in [0, 0.05) is 11.1 Å². The Morgan fingerprint density at radius 1 is 1.14 bits per heavy atom. The van der Waals surface area contributed by atoms with Gasteiger partial charge in [-0.2, -0.15) is 0 Å². The third-order valence-electron chi connectivity index (χ3n) is 3.43. The molecule has 0 spiro atoms. The summed E-state index contributed by atoms with van der Waals surface area (Å²) < 4.78 is 34.2. The number of carbonyl (C=O) groups is 2. The second-order valence-electron chi connectivity index (χ2n) is 6.01. The Labute approximate surface area is 232 Å². The number of thiol groups is 2.